The summed E-state index contributed by atoms with van der Waals surface area (Å²) in [5.74, 6) is -2.43. The number of likely N-dealkylation sites (tertiary alicyclic amines) is 1. The van der Waals surface area contributed by atoms with Crippen LogP contribution < -0.4 is 24.8 Å². The fourth-order valence-corrected chi connectivity index (χ4v) is 8.43. The third kappa shape index (κ3) is 7.84. The second-order valence-electron chi connectivity index (χ2n) is 14.9. The molecule has 3 aromatic rings. The third-order valence-corrected chi connectivity index (χ3v) is 12.0. The van der Waals surface area contributed by atoms with Gasteiger partial charge in [0.1, 0.15) is 23.4 Å². The lowest BCUT2D eigenvalue weighted by Crippen LogP contribution is -2.59. The fraction of sp³-hybridized carbons (Fsp3) is 0.472. The third-order valence-electron chi connectivity index (χ3n) is 9.96. The summed E-state index contributed by atoms with van der Waals surface area (Å²) >= 11 is 6.31. The van der Waals surface area contributed by atoms with Crippen LogP contribution >= 0.6 is 11.6 Å². The molecule has 3 amide bonds. The number of alkyl halides is 3. The van der Waals surface area contributed by atoms with Crippen LogP contribution in [0.4, 0.5) is 18.9 Å². The van der Waals surface area contributed by atoms with Gasteiger partial charge in [-0.3, -0.25) is 34.3 Å². The van der Waals surface area contributed by atoms with Gasteiger partial charge in [-0.2, -0.15) is 13.2 Å². The summed E-state index contributed by atoms with van der Waals surface area (Å²) in [6.45, 7) is 8.77. The van der Waals surface area contributed by atoms with Crippen LogP contribution in [-0.2, 0) is 30.6 Å². The van der Waals surface area contributed by atoms with Gasteiger partial charge in [0, 0.05) is 47.1 Å². The first kappa shape index (κ1) is 39.2. The smallest absolute Gasteiger partial charge is 0.417 e. The van der Waals surface area contributed by atoms with E-state index in [9.17, 15) is 36.0 Å². The lowest BCUT2D eigenvalue weighted by atomic mass is 9.86. The molecule has 1 saturated heterocycles. The number of benzene rings is 1. The van der Waals surface area contributed by atoms with Crippen molar-refractivity contribution in [2.75, 3.05) is 19.0 Å². The molecule has 0 spiro atoms. The van der Waals surface area contributed by atoms with Crippen LogP contribution in [0.5, 0.6) is 11.6 Å². The number of carbonyl (C=O) groups excluding carboxylic acids is 3. The second kappa shape index (κ2) is 14.3. The molecular formula is C36H40ClF3N6O7S. The number of aromatic nitrogens is 2. The number of amides is 3. The summed E-state index contributed by atoms with van der Waals surface area (Å²) in [6, 6.07) is 3.43. The van der Waals surface area contributed by atoms with Crippen molar-refractivity contribution in [2.45, 2.75) is 81.6 Å². The van der Waals surface area contributed by atoms with Crippen molar-refractivity contribution in [3.8, 4) is 11.6 Å². The molecule has 1 aromatic carbocycles. The number of carbonyl (C=O) groups is 3. The van der Waals surface area contributed by atoms with Gasteiger partial charge in [0.2, 0.25) is 27.7 Å². The number of ether oxygens (including phenoxy) is 2. The van der Waals surface area contributed by atoms with Crippen LogP contribution in [0.1, 0.15) is 52.0 Å². The highest BCUT2D eigenvalue weighted by molar-refractivity contribution is 7.91. The SMILES string of the molecule is C=C[C@@H]1C[C@@]1(C(=O)NS(=O)(=O)C1CC1)N1C[C@H](Oc2ncc(OC)c3ccc(Cl)cc23)C[C@H]1C(=O)NC(=O)[C@@H](Nc1cncc(C(F)(F)F)c1)C(C)(C)C. The normalized spacial score (nSPS) is 23.7. The molecule has 0 radical (unpaired) electrons. The number of hydrogen-bond acceptors (Lipinski definition) is 11. The van der Waals surface area contributed by atoms with Gasteiger partial charge in [-0.25, -0.2) is 13.4 Å². The van der Waals surface area contributed by atoms with Gasteiger partial charge in [0.05, 0.1) is 35.8 Å². The van der Waals surface area contributed by atoms with E-state index in [1.807, 2.05) is 0 Å². The summed E-state index contributed by atoms with van der Waals surface area (Å²) < 4.78 is 80.2. The average molecular weight is 793 g/mol. The van der Waals surface area contributed by atoms with Crippen LogP contribution in [0.2, 0.25) is 5.02 Å². The van der Waals surface area contributed by atoms with Gasteiger partial charge in [-0.05, 0) is 48.9 Å². The number of sulfonamides is 1. The monoisotopic (exact) mass is 792 g/mol. The summed E-state index contributed by atoms with van der Waals surface area (Å²) in [5.41, 5.74) is -3.57. The summed E-state index contributed by atoms with van der Waals surface area (Å²) in [7, 11) is -2.49. The van der Waals surface area contributed by atoms with Crippen LogP contribution in [0.3, 0.4) is 0 Å². The van der Waals surface area contributed by atoms with Gasteiger partial charge < -0.3 is 14.8 Å². The van der Waals surface area contributed by atoms with Crippen molar-refractivity contribution in [1.82, 2.24) is 24.9 Å². The van der Waals surface area contributed by atoms with E-state index >= 15 is 0 Å². The second-order valence-corrected chi connectivity index (χ2v) is 17.3. The van der Waals surface area contributed by atoms with Crippen LogP contribution in [0, 0.1) is 11.3 Å². The number of anilines is 1. The Morgan fingerprint density at radius 1 is 1.11 bits per heavy atom. The van der Waals surface area contributed by atoms with Crippen LogP contribution in [0.15, 0.2) is 55.5 Å². The molecule has 54 heavy (non-hydrogen) atoms. The molecule has 1 aliphatic heterocycles. The molecule has 0 unspecified atom stereocenters. The van der Waals surface area contributed by atoms with Crippen molar-refractivity contribution in [3.05, 3.63) is 66.1 Å². The van der Waals surface area contributed by atoms with E-state index < -0.39 is 79.8 Å². The first-order valence-electron chi connectivity index (χ1n) is 17.2. The van der Waals surface area contributed by atoms with Crippen molar-refractivity contribution in [2.24, 2.45) is 11.3 Å². The first-order valence-corrected chi connectivity index (χ1v) is 19.1. The zero-order valence-electron chi connectivity index (χ0n) is 29.9. The predicted molar refractivity (Wildman–Crippen MR) is 193 cm³/mol. The molecule has 18 heteroatoms. The standard InChI is InChI=1S/C36H40ClF3N6O7S/c1-6-19-14-35(19,33(49)45-54(50,51)24-8-9-24)46-18-23(53-32-26-12-21(37)7-10-25(26)28(52-5)17-42-32)13-27(46)30(47)44-31(48)29(34(2,3)4)43-22-11-20(15-41-16-22)36(38,39)40/h6-7,10-12,15-17,19,23-24,27,29,43H,1,8-9,13-14,18H2,2-5H3,(H,45,49)(H,44,47,48)/t19-,23-,27+,29-,35-/m1/s1. The maximum absolute atomic E-state index is 14.2. The molecule has 3 N–H and O–H groups in total. The minimum atomic E-state index is -4.68. The number of fused-ring (bicyclic) bond motifs is 1. The Hall–Kier alpha value is -4.48. The van der Waals surface area contributed by atoms with Crippen molar-refractivity contribution in [1.29, 1.82) is 0 Å². The number of rotatable bonds is 12. The maximum atomic E-state index is 14.2. The van der Waals surface area contributed by atoms with Gasteiger partial charge in [0.15, 0.2) is 0 Å². The minimum absolute atomic E-state index is 0.0554. The van der Waals surface area contributed by atoms with E-state index in [4.69, 9.17) is 21.1 Å². The van der Waals surface area contributed by atoms with E-state index in [-0.39, 0.29) is 31.0 Å². The topological polar surface area (TPSA) is 169 Å². The largest absolute Gasteiger partial charge is 0.494 e. The molecule has 13 nitrogen and oxygen atoms in total. The van der Waals surface area contributed by atoms with E-state index in [1.165, 1.54) is 19.4 Å². The van der Waals surface area contributed by atoms with Crippen molar-refractivity contribution >= 4 is 55.8 Å². The van der Waals surface area contributed by atoms with Crippen molar-refractivity contribution in [3.63, 3.8) is 0 Å². The number of pyridine rings is 2. The Bertz CT molecular complexity index is 2110. The molecular weight excluding hydrogens is 753 g/mol. The molecule has 3 aliphatic rings. The molecule has 2 aromatic heterocycles. The highest BCUT2D eigenvalue weighted by Crippen LogP contribution is 2.53. The number of hydrogen-bond donors (Lipinski definition) is 3. The van der Waals surface area contributed by atoms with Crippen LogP contribution in [0.25, 0.3) is 10.8 Å². The summed E-state index contributed by atoms with van der Waals surface area (Å²) in [5, 5.41) is 6.06. The lowest BCUT2D eigenvalue weighted by molar-refractivity contribution is -0.138. The zero-order valence-corrected chi connectivity index (χ0v) is 31.4. The summed E-state index contributed by atoms with van der Waals surface area (Å²) in [6.07, 6.45) is 0.194. The zero-order chi connectivity index (χ0) is 39.4. The molecule has 2 saturated carbocycles. The molecule has 290 valence electrons. The van der Waals surface area contributed by atoms with Gasteiger partial charge in [0.25, 0.3) is 5.91 Å². The van der Waals surface area contributed by atoms with E-state index in [0.29, 0.717) is 40.6 Å². The Morgan fingerprint density at radius 2 is 1.83 bits per heavy atom. The molecule has 3 heterocycles. The molecule has 3 fully saturated rings. The molecule has 5 atom stereocenters. The quantitative estimate of drug-likeness (QED) is 0.214. The minimum Gasteiger partial charge on any atom is -0.494 e. The average Bonchev–Trinajstić information content (AvgIpc) is 4.03. The predicted octanol–water partition coefficient (Wildman–Crippen LogP) is 4.86. The Morgan fingerprint density at radius 3 is 2.44 bits per heavy atom. The van der Waals surface area contributed by atoms with Gasteiger partial charge in [-0.15, -0.1) is 6.58 Å². The number of nitrogens with one attached hydrogen (secondary N) is 3. The highest BCUT2D eigenvalue weighted by atomic mass is 35.5. The molecule has 0 bridgehead atoms. The fourth-order valence-electron chi connectivity index (χ4n) is 6.90. The number of methoxy groups -OCH3 is 1. The van der Waals surface area contributed by atoms with Gasteiger partial charge >= 0.3 is 6.18 Å². The van der Waals surface area contributed by atoms with E-state index in [0.717, 1.165) is 12.3 Å². The van der Waals surface area contributed by atoms with Crippen LogP contribution in [-0.4, -0.2) is 83.6 Å². The molecule has 2 aliphatic carbocycles. The Kier molecular flexibility index (Phi) is 10.4. The van der Waals surface area contributed by atoms with Crippen molar-refractivity contribution < 1.29 is 45.4 Å². The lowest BCUT2D eigenvalue weighted by Gasteiger charge is -2.34. The number of nitrogens with zero attached hydrogens (tertiary/aromatic N) is 3. The van der Waals surface area contributed by atoms with Gasteiger partial charge in [-0.1, -0.05) is 38.4 Å². The molecule has 6 rings (SSSR count). The number of halogens is 4. The summed E-state index contributed by atoms with van der Waals surface area (Å²) in [4.78, 5) is 51.6. The van der Waals surface area contributed by atoms with E-state index in [1.54, 1.807) is 43.9 Å². The highest BCUT2D eigenvalue weighted by Gasteiger charge is 2.67. The number of imide groups is 1. The van der Waals surface area contributed by atoms with E-state index in [2.05, 4.69) is 31.9 Å². The first-order chi connectivity index (χ1) is 25.3. The Balaban J connectivity index is 1.31. The maximum Gasteiger partial charge on any atom is 0.417 e. The Labute approximate surface area is 315 Å².